The summed E-state index contributed by atoms with van der Waals surface area (Å²) < 4.78 is 1.93. The first kappa shape index (κ1) is 11.0. The Morgan fingerprint density at radius 1 is 1.56 bits per heavy atom. The predicted molar refractivity (Wildman–Crippen MR) is 63.7 cm³/mol. The van der Waals surface area contributed by atoms with Crippen molar-refractivity contribution in [2.45, 2.75) is 17.1 Å². The summed E-state index contributed by atoms with van der Waals surface area (Å²) in [6.07, 6.45) is 1.75. The van der Waals surface area contributed by atoms with Crippen molar-refractivity contribution in [3.8, 4) is 0 Å². The van der Waals surface area contributed by atoms with Gasteiger partial charge < -0.3 is 9.67 Å². The molecule has 2 aromatic rings. The lowest BCUT2D eigenvalue weighted by molar-refractivity contribution is -0.136. The summed E-state index contributed by atoms with van der Waals surface area (Å²) in [5.74, 6) is -0.800. The molecule has 4 nitrogen and oxygen atoms in total. The van der Waals surface area contributed by atoms with E-state index in [1.165, 1.54) is 11.8 Å². The van der Waals surface area contributed by atoms with Gasteiger partial charge in [-0.25, -0.2) is 4.98 Å². The number of aryl methyl sites for hydroxylation is 1. The van der Waals surface area contributed by atoms with Gasteiger partial charge in [-0.3, -0.25) is 4.79 Å². The normalized spacial score (nSPS) is 12.9. The van der Waals surface area contributed by atoms with Gasteiger partial charge in [-0.05, 0) is 25.1 Å². The zero-order chi connectivity index (χ0) is 11.7. The van der Waals surface area contributed by atoms with E-state index in [-0.39, 0.29) is 0 Å². The zero-order valence-electron chi connectivity index (χ0n) is 9.04. The molecule has 2 rings (SSSR count). The fourth-order valence-electron chi connectivity index (χ4n) is 1.44. The molecule has 0 radical (unpaired) electrons. The van der Waals surface area contributed by atoms with Crippen molar-refractivity contribution >= 4 is 28.8 Å². The molecule has 1 N–H and O–H groups in total. The van der Waals surface area contributed by atoms with Crippen molar-refractivity contribution in [1.29, 1.82) is 0 Å². The molecular formula is C11H12N2O2S. The van der Waals surface area contributed by atoms with Gasteiger partial charge in [-0.15, -0.1) is 11.8 Å². The van der Waals surface area contributed by atoms with Crippen LogP contribution >= 0.6 is 11.8 Å². The number of benzene rings is 1. The van der Waals surface area contributed by atoms with Gasteiger partial charge in [0.1, 0.15) is 5.25 Å². The molecule has 0 aliphatic heterocycles. The molecule has 0 spiro atoms. The lowest BCUT2D eigenvalue weighted by atomic mass is 10.3. The van der Waals surface area contributed by atoms with Gasteiger partial charge in [0.25, 0.3) is 0 Å². The number of aromatic nitrogens is 2. The number of thioether (sulfide) groups is 1. The summed E-state index contributed by atoms with van der Waals surface area (Å²) >= 11 is 1.33. The van der Waals surface area contributed by atoms with E-state index in [9.17, 15) is 4.79 Å². The maximum Gasteiger partial charge on any atom is 0.316 e. The van der Waals surface area contributed by atoms with Gasteiger partial charge in [0.05, 0.1) is 17.4 Å². The average Bonchev–Trinajstić information content (AvgIpc) is 2.60. The number of hydrogen-bond donors (Lipinski definition) is 1. The van der Waals surface area contributed by atoms with Crippen LogP contribution in [-0.2, 0) is 11.8 Å². The van der Waals surface area contributed by atoms with Gasteiger partial charge in [-0.1, -0.05) is 0 Å². The molecule has 0 amide bonds. The monoisotopic (exact) mass is 236 g/mol. The fraction of sp³-hybridized carbons (Fsp3) is 0.273. The van der Waals surface area contributed by atoms with Crippen molar-refractivity contribution in [3.63, 3.8) is 0 Å². The van der Waals surface area contributed by atoms with Crippen molar-refractivity contribution in [2.75, 3.05) is 0 Å². The van der Waals surface area contributed by atoms with Crippen LogP contribution in [0.3, 0.4) is 0 Å². The number of rotatable bonds is 3. The number of carboxylic acids is 1. The molecule has 16 heavy (non-hydrogen) atoms. The lowest BCUT2D eigenvalue weighted by Gasteiger charge is -2.05. The molecule has 0 bridgehead atoms. The van der Waals surface area contributed by atoms with Gasteiger partial charge >= 0.3 is 5.97 Å². The molecular weight excluding hydrogens is 224 g/mol. The Hall–Kier alpha value is -1.49. The Labute approximate surface area is 97.3 Å². The summed E-state index contributed by atoms with van der Waals surface area (Å²) in [4.78, 5) is 15.9. The maximum absolute atomic E-state index is 10.7. The van der Waals surface area contributed by atoms with Crippen molar-refractivity contribution in [3.05, 3.63) is 24.5 Å². The van der Waals surface area contributed by atoms with Crippen molar-refractivity contribution < 1.29 is 9.90 Å². The topological polar surface area (TPSA) is 55.1 Å². The standard InChI is InChI=1S/C11H12N2O2S/c1-7(11(14)15)16-8-3-4-10-9(5-8)12-6-13(10)2/h3-7H,1-2H3,(H,14,15). The Bertz CT molecular complexity index is 536. The second-order valence-electron chi connectivity index (χ2n) is 3.60. The van der Waals surface area contributed by atoms with Gasteiger partial charge in [0.15, 0.2) is 0 Å². The van der Waals surface area contributed by atoms with E-state index in [2.05, 4.69) is 4.98 Å². The SMILES string of the molecule is CC(Sc1ccc2c(c1)ncn2C)C(=O)O. The summed E-state index contributed by atoms with van der Waals surface area (Å²) in [5, 5.41) is 8.38. The minimum absolute atomic E-state index is 0.443. The Morgan fingerprint density at radius 3 is 3.00 bits per heavy atom. The smallest absolute Gasteiger partial charge is 0.316 e. The molecule has 0 aliphatic rings. The lowest BCUT2D eigenvalue weighted by Crippen LogP contribution is -2.10. The Kier molecular flexibility index (Phi) is 2.87. The van der Waals surface area contributed by atoms with Crippen molar-refractivity contribution in [2.24, 2.45) is 7.05 Å². The third kappa shape index (κ3) is 2.04. The Balaban J connectivity index is 2.29. The van der Waals surface area contributed by atoms with Crippen LogP contribution in [0.15, 0.2) is 29.4 Å². The van der Waals surface area contributed by atoms with Crippen LogP contribution in [0.5, 0.6) is 0 Å². The van der Waals surface area contributed by atoms with Crippen LogP contribution in [0.1, 0.15) is 6.92 Å². The highest BCUT2D eigenvalue weighted by Crippen LogP contribution is 2.26. The fourth-order valence-corrected chi connectivity index (χ4v) is 2.28. The number of nitrogens with zero attached hydrogens (tertiary/aromatic N) is 2. The molecule has 5 heteroatoms. The van der Waals surface area contributed by atoms with E-state index < -0.39 is 11.2 Å². The van der Waals surface area contributed by atoms with E-state index in [1.54, 1.807) is 13.3 Å². The zero-order valence-corrected chi connectivity index (χ0v) is 9.86. The van der Waals surface area contributed by atoms with E-state index in [4.69, 9.17) is 5.11 Å². The third-order valence-corrected chi connectivity index (χ3v) is 3.44. The molecule has 1 aromatic carbocycles. The Morgan fingerprint density at radius 2 is 2.31 bits per heavy atom. The molecule has 0 saturated heterocycles. The van der Waals surface area contributed by atoms with Crippen LogP contribution in [0.4, 0.5) is 0 Å². The molecule has 1 heterocycles. The number of carbonyl (C=O) groups is 1. The van der Waals surface area contributed by atoms with E-state index in [0.717, 1.165) is 15.9 Å². The summed E-state index contributed by atoms with van der Waals surface area (Å²) in [7, 11) is 1.93. The van der Waals surface area contributed by atoms with E-state index >= 15 is 0 Å². The average molecular weight is 236 g/mol. The summed E-state index contributed by atoms with van der Waals surface area (Å²) in [6.45, 7) is 1.68. The van der Waals surface area contributed by atoms with Crippen LogP contribution in [-0.4, -0.2) is 25.9 Å². The van der Waals surface area contributed by atoms with Crippen LogP contribution < -0.4 is 0 Å². The summed E-state index contributed by atoms with van der Waals surface area (Å²) in [5.41, 5.74) is 1.94. The molecule has 0 saturated carbocycles. The first-order valence-electron chi connectivity index (χ1n) is 4.88. The largest absolute Gasteiger partial charge is 0.480 e. The number of carboxylic acid groups (broad SMARTS) is 1. The maximum atomic E-state index is 10.7. The molecule has 1 atom stereocenters. The second-order valence-corrected chi connectivity index (χ2v) is 5.02. The van der Waals surface area contributed by atoms with E-state index in [1.807, 2.05) is 29.8 Å². The molecule has 0 aliphatic carbocycles. The number of aliphatic carboxylic acids is 1. The van der Waals surface area contributed by atoms with E-state index in [0.29, 0.717) is 0 Å². The molecule has 0 fully saturated rings. The van der Waals surface area contributed by atoms with Gasteiger partial charge in [-0.2, -0.15) is 0 Å². The van der Waals surface area contributed by atoms with Gasteiger partial charge in [0, 0.05) is 11.9 Å². The highest BCUT2D eigenvalue weighted by molar-refractivity contribution is 8.00. The number of fused-ring (bicyclic) bond motifs is 1. The van der Waals surface area contributed by atoms with Crippen molar-refractivity contribution in [1.82, 2.24) is 9.55 Å². The molecule has 84 valence electrons. The van der Waals surface area contributed by atoms with Crippen LogP contribution in [0.25, 0.3) is 11.0 Å². The van der Waals surface area contributed by atoms with Gasteiger partial charge in [0.2, 0.25) is 0 Å². The number of imidazole rings is 1. The van der Waals surface area contributed by atoms with Crippen LogP contribution in [0.2, 0.25) is 0 Å². The summed E-state index contributed by atoms with van der Waals surface area (Å²) in [6, 6.07) is 5.80. The first-order valence-corrected chi connectivity index (χ1v) is 5.76. The highest BCUT2D eigenvalue weighted by Gasteiger charge is 2.12. The minimum atomic E-state index is -0.800. The predicted octanol–water partition coefficient (Wildman–Crippen LogP) is 2.14. The highest BCUT2D eigenvalue weighted by atomic mass is 32.2. The van der Waals surface area contributed by atoms with Crippen LogP contribution in [0, 0.1) is 0 Å². The second kappa shape index (κ2) is 4.17. The minimum Gasteiger partial charge on any atom is -0.480 e. The first-order chi connectivity index (χ1) is 7.58. The third-order valence-electron chi connectivity index (χ3n) is 2.36. The number of hydrogen-bond acceptors (Lipinski definition) is 3. The molecule has 1 aromatic heterocycles. The quantitative estimate of drug-likeness (QED) is 0.829. The molecule has 1 unspecified atom stereocenters.